The average molecular weight is 421 g/mol. The molecule has 2 atom stereocenters. The molecule has 1 amide bonds. The normalized spacial score (nSPS) is 23.5. The van der Waals surface area contributed by atoms with E-state index in [1.807, 2.05) is 13.8 Å². The molecule has 1 aliphatic heterocycles. The van der Waals surface area contributed by atoms with Crippen LogP contribution in [0.1, 0.15) is 49.4 Å². The number of aryl methyl sites for hydroxylation is 2. The molecule has 2 heterocycles. The number of hydrogen-bond donors (Lipinski definition) is 2. The number of aromatic nitrogens is 1. The first-order chi connectivity index (χ1) is 12.1. The van der Waals surface area contributed by atoms with Crippen molar-refractivity contribution < 1.29 is 9.21 Å². The quantitative estimate of drug-likeness (QED) is 0.738. The molecule has 2 aliphatic rings. The monoisotopic (exact) mass is 420 g/mol. The van der Waals surface area contributed by atoms with Crippen LogP contribution in [0.5, 0.6) is 0 Å². The second-order valence-electron chi connectivity index (χ2n) is 7.75. The first-order valence-electron chi connectivity index (χ1n) is 9.70. The minimum absolute atomic E-state index is 0. The Morgan fingerprint density at radius 1 is 1.22 bits per heavy atom. The van der Waals surface area contributed by atoms with Gasteiger partial charge >= 0.3 is 0 Å². The number of halogens is 2. The van der Waals surface area contributed by atoms with E-state index in [-0.39, 0.29) is 36.6 Å². The number of carbonyl (C=O) groups is 1. The lowest BCUT2D eigenvalue weighted by Crippen LogP contribution is -2.41. The average Bonchev–Trinajstić information content (AvgIpc) is 3.20. The van der Waals surface area contributed by atoms with E-state index in [4.69, 9.17) is 10.2 Å². The van der Waals surface area contributed by atoms with Gasteiger partial charge in [0, 0.05) is 12.5 Å². The number of nitrogens with two attached hydrogens (primary N) is 1. The van der Waals surface area contributed by atoms with E-state index >= 15 is 0 Å². The highest BCUT2D eigenvalue weighted by Crippen LogP contribution is 2.31. The SMILES string of the molecule is Cc1nc(CN2CCC(CNC(=O)[C@@H]3CCC[C@@H]3CN)CC2)oc1C.Cl.Cl. The number of carbonyl (C=O) groups excluding carboxylic acids is 1. The largest absolute Gasteiger partial charge is 0.444 e. The topological polar surface area (TPSA) is 84.4 Å². The molecular formula is C19H34Cl2N4O2. The maximum Gasteiger partial charge on any atom is 0.223 e. The molecular weight excluding hydrogens is 387 g/mol. The van der Waals surface area contributed by atoms with Gasteiger partial charge in [-0.15, -0.1) is 24.8 Å². The van der Waals surface area contributed by atoms with Crippen molar-refractivity contribution in [2.75, 3.05) is 26.2 Å². The molecule has 2 fully saturated rings. The lowest BCUT2D eigenvalue weighted by Gasteiger charge is -2.31. The minimum atomic E-state index is 0. The zero-order valence-corrected chi connectivity index (χ0v) is 18.0. The summed E-state index contributed by atoms with van der Waals surface area (Å²) in [5, 5.41) is 3.19. The van der Waals surface area contributed by atoms with Crippen LogP contribution in [0.3, 0.4) is 0 Å². The Bertz CT molecular complexity index is 569. The molecule has 6 nitrogen and oxygen atoms in total. The lowest BCUT2D eigenvalue weighted by atomic mass is 9.93. The van der Waals surface area contributed by atoms with Crippen LogP contribution in [-0.2, 0) is 11.3 Å². The molecule has 1 aromatic heterocycles. The standard InChI is InChI=1S/C19H32N4O2.2ClH/c1-13-14(2)25-18(22-13)12-23-8-6-15(7-9-23)11-21-19(24)17-5-3-4-16(17)10-20;;/h15-17H,3-12,20H2,1-2H3,(H,21,24);2*1H/t16-,17-;;/m1../s1. The van der Waals surface area contributed by atoms with Crippen LogP contribution in [0.4, 0.5) is 0 Å². The summed E-state index contributed by atoms with van der Waals surface area (Å²) in [5.41, 5.74) is 6.77. The summed E-state index contributed by atoms with van der Waals surface area (Å²) in [6.07, 6.45) is 5.47. The third kappa shape index (κ3) is 6.34. The summed E-state index contributed by atoms with van der Waals surface area (Å²) >= 11 is 0. The third-order valence-electron chi connectivity index (χ3n) is 6.00. The molecule has 1 saturated heterocycles. The number of rotatable bonds is 6. The smallest absolute Gasteiger partial charge is 0.223 e. The summed E-state index contributed by atoms with van der Waals surface area (Å²) in [6.45, 7) is 8.24. The third-order valence-corrected chi connectivity index (χ3v) is 6.00. The van der Waals surface area contributed by atoms with E-state index in [2.05, 4.69) is 15.2 Å². The highest BCUT2D eigenvalue weighted by Gasteiger charge is 2.32. The predicted molar refractivity (Wildman–Crippen MR) is 111 cm³/mol. The molecule has 27 heavy (non-hydrogen) atoms. The van der Waals surface area contributed by atoms with Crippen LogP contribution >= 0.6 is 24.8 Å². The predicted octanol–water partition coefficient (Wildman–Crippen LogP) is 2.84. The lowest BCUT2D eigenvalue weighted by molar-refractivity contribution is -0.126. The van der Waals surface area contributed by atoms with Gasteiger partial charge in [-0.2, -0.15) is 0 Å². The van der Waals surface area contributed by atoms with Gasteiger partial charge < -0.3 is 15.5 Å². The molecule has 0 bridgehead atoms. The van der Waals surface area contributed by atoms with Gasteiger partial charge in [0.05, 0.1) is 12.2 Å². The molecule has 0 radical (unpaired) electrons. The van der Waals surface area contributed by atoms with Crippen molar-refractivity contribution in [3.8, 4) is 0 Å². The highest BCUT2D eigenvalue weighted by molar-refractivity contribution is 5.85. The first kappa shape index (κ1) is 24.2. The summed E-state index contributed by atoms with van der Waals surface area (Å²) < 4.78 is 5.68. The summed E-state index contributed by atoms with van der Waals surface area (Å²) in [7, 11) is 0. The molecule has 8 heteroatoms. The number of nitrogens with zero attached hydrogens (tertiary/aromatic N) is 2. The number of hydrogen-bond acceptors (Lipinski definition) is 5. The number of oxazole rings is 1. The van der Waals surface area contributed by atoms with Gasteiger partial charge in [-0.05, 0) is 71.0 Å². The maximum atomic E-state index is 12.4. The van der Waals surface area contributed by atoms with E-state index in [0.29, 0.717) is 18.4 Å². The molecule has 1 aromatic rings. The van der Waals surface area contributed by atoms with Crippen LogP contribution in [-0.4, -0.2) is 42.0 Å². The second kappa shape index (κ2) is 11.2. The zero-order chi connectivity index (χ0) is 17.8. The van der Waals surface area contributed by atoms with Crippen LogP contribution in [0.25, 0.3) is 0 Å². The Labute approximate surface area is 174 Å². The van der Waals surface area contributed by atoms with Gasteiger partial charge in [0.25, 0.3) is 0 Å². The Morgan fingerprint density at radius 3 is 2.52 bits per heavy atom. The fraction of sp³-hybridized carbons (Fsp3) is 0.789. The fourth-order valence-electron chi connectivity index (χ4n) is 4.19. The molecule has 0 unspecified atom stereocenters. The van der Waals surface area contributed by atoms with Crippen molar-refractivity contribution >= 4 is 30.7 Å². The van der Waals surface area contributed by atoms with Crippen molar-refractivity contribution in [2.45, 2.75) is 52.5 Å². The fourth-order valence-corrected chi connectivity index (χ4v) is 4.19. The Morgan fingerprint density at radius 2 is 1.93 bits per heavy atom. The molecule has 156 valence electrons. The van der Waals surface area contributed by atoms with Crippen molar-refractivity contribution in [2.24, 2.45) is 23.5 Å². The van der Waals surface area contributed by atoms with Crippen LogP contribution < -0.4 is 11.1 Å². The van der Waals surface area contributed by atoms with Gasteiger partial charge in [0.15, 0.2) is 0 Å². The van der Waals surface area contributed by atoms with Crippen molar-refractivity contribution in [3.63, 3.8) is 0 Å². The van der Waals surface area contributed by atoms with Gasteiger partial charge in [-0.1, -0.05) is 6.42 Å². The second-order valence-corrected chi connectivity index (χ2v) is 7.75. The molecule has 0 aromatic carbocycles. The minimum Gasteiger partial charge on any atom is -0.444 e. The molecule has 1 aliphatic carbocycles. The van der Waals surface area contributed by atoms with Gasteiger partial charge in [0.2, 0.25) is 11.8 Å². The van der Waals surface area contributed by atoms with E-state index in [0.717, 1.165) is 75.6 Å². The number of amides is 1. The van der Waals surface area contributed by atoms with Gasteiger partial charge in [0.1, 0.15) is 5.76 Å². The molecule has 1 saturated carbocycles. The Kier molecular flexibility index (Phi) is 10.1. The van der Waals surface area contributed by atoms with E-state index in [1.165, 1.54) is 0 Å². The Balaban J connectivity index is 0.00000182. The van der Waals surface area contributed by atoms with E-state index < -0.39 is 0 Å². The van der Waals surface area contributed by atoms with Crippen LogP contribution in [0, 0.1) is 31.6 Å². The molecule has 3 rings (SSSR count). The highest BCUT2D eigenvalue weighted by atomic mass is 35.5. The van der Waals surface area contributed by atoms with Gasteiger partial charge in [-0.25, -0.2) is 4.98 Å². The summed E-state index contributed by atoms with van der Waals surface area (Å²) in [5.74, 6) is 3.05. The van der Waals surface area contributed by atoms with E-state index in [9.17, 15) is 4.79 Å². The zero-order valence-electron chi connectivity index (χ0n) is 16.4. The number of likely N-dealkylation sites (tertiary alicyclic amines) is 1. The maximum absolute atomic E-state index is 12.4. The first-order valence-corrected chi connectivity index (χ1v) is 9.70. The Hall–Kier alpha value is -0.820. The van der Waals surface area contributed by atoms with Crippen molar-refractivity contribution in [1.82, 2.24) is 15.2 Å². The van der Waals surface area contributed by atoms with Gasteiger partial charge in [-0.3, -0.25) is 9.69 Å². The van der Waals surface area contributed by atoms with Crippen molar-refractivity contribution in [3.05, 3.63) is 17.3 Å². The summed E-state index contributed by atoms with van der Waals surface area (Å²) in [6, 6.07) is 0. The van der Waals surface area contributed by atoms with Crippen molar-refractivity contribution in [1.29, 1.82) is 0 Å². The number of nitrogens with one attached hydrogen (secondary N) is 1. The van der Waals surface area contributed by atoms with Crippen LogP contribution in [0.2, 0.25) is 0 Å². The van der Waals surface area contributed by atoms with E-state index in [1.54, 1.807) is 0 Å². The summed E-state index contributed by atoms with van der Waals surface area (Å²) in [4.78, 5) is 19.3. The molecule has 0 spiro atoms. The number of piperidine rings is 1. The molecule has 3 N–H and O–H groups in total. The van der Waals surface area contributed by atoms with Crippen LogP contribution in [0.15, 0.2) is 4.42 Å².